The van der Waals surface area contributed by atoms with Crippen molar-refractivity contribution in [1.29, 1.82) is 0 Å². The second kappa shape index (κ2) is 8.68. The van der Waals surface area contributed by atoms with Gasteiger partial charge in [-0.05, 0) is 12.1 Å². The van der Waals surface area contributed by atoms with Gasteiger partial charge in [0.2, 0.25) is 5.75 Å². The second-order valence-corrected chi connectivity index (χ2v) is 3.77. The van der Waals surface area contributed by atoms with E-state index in [0.717, 1.165) is 0 Å². The van der Waals surface area contributed by atoms with E-state index < -0.39 is 0 Å². The number of benzene rings is 1. The maximum Gasteiger partial charge on any atom is 0.315 e. The van der Waals surface area contributed by atoms with Gasteiger partial charge < -0.3 is 24.8 Å². The van der Waals surface area contributed by atoms with Crippen LogP contribution in [-0.2, 0) is 0 Å². The number of amides is 2. The normalized spacial score (nSPS) is 9.50. The highest BCUT2D eigenvalue weighted by molar-refractivity contribution is 5.73. The van der Waals surface area contributed by atoms with Crippen molar-refractivity contribution >= 4 is 6.03 Å². The summed E-state index contributed by atoms with van der Waals surface area (Å²) in [5.74, 6) is 1.70. The molecule has 0 bridgehead atoms. The third-order valence-corrected chi connectivity index (χ3v) is 2.42. The van der Waals surface area contributed by atoms with Crippen LogP contribution in [0.3, 0.4) is 0 Å². The van der Waals surface area contributed by atoms with Crippen LogP contribution in [0.5, 0.6) is 17.2 Å². The molecule has 1 aromatic carbocycles. The Balaban J connectivity index is 2.42. The van der Waals surface area contributed by atoms with E-state index in [1.807, 2.05) is 0 Å². The number of hydrogen-bond donors (Lipinski definition) is 2. The van der Waals surface area contributed by atoms with Gasteiger partial charge in [-0.2, -0.15) is 0 Å². The Kier molecular flexibility index (Phi) is 6.81. The zero-order valence-corrected chi connectivity index (χ0v) is 11.8. The number of para-hydroxylation sites is 1. The monoisotopic (exact) mass is 280 g/mol. The Labute approximate surface area is 118 Å². The molecule has 1 rings (SSSR count). The minimum atomic E-state index is -0.258. The van der Waals surface area contributed by atoms with Crippen molar-refractivity contribution in [2.24, 2.45) is 0 Å². The first-order chi connectivity index (χ1) is 9.72. The first-order valence-electron chi connectivity index (χ1n) is 6.19. The van der Waals surface area contributed by atoms with Crippen molar-refractivity contribution in [2.75, 3.05) is 33.9 Å². The van der Waals surface area contributed by atoms with Gasteiger partial charge in [0.05, 0.1) is 20.8 Å². The molecule has 0 aliphatic heterocycles. The molecule has 0 unspecified atom stereocenters. The van der Waals surface area contributed by atoms with E-state index in [0.29, 0.717) is 36.9 Å². The molecule has 0 fully saturated rings. The molecule has 6 heteroatoms. The Morgan fingerprint density at radius 1 is 1.25 bits per heavy atom. The third kappa shape index (κ3) is 4.72. The van der Waals surface area contributed by atoms with Crippen molar-refractivity contribution in [3.8, 4) is 17.2 Å². The molecular weight excluding hydrogens is 260 g/mol. The molecule has 0 heterocycles. The van der Waals surface area contributed by atoms with Gasteiger partial charge in [0.15, 0.2) is 11.5 Å². The fraction of sp³-hybridized carbons (Fsp3) is 0.357. The lowest BCUT2D eigenvalue weighted by Crippen LogP contribution is -2.37. The van der Waals surface area contributed by atoms with Gasteiger partial charge in [-0.3, -0.25) is 0 Å². The van der Waals surface area contributed by atoms with Crippen LogP contribution in [0.15, 0.2) is 30.9 Å². The van der Waals surface area contributed by atoms with Crippen molar-refractivity contribution in [3.05, 3.63) is 30.9 Å². The van der Waals surface area contributed by atoms with Gasteiger partial charge >= 0.3 is 6.03 Å². The molecule has 110 valence electrons. The van der Waals surface area contributed by atoms with Crippen LogP contribution in [0.25, 0.3) is 0 Å². The summed E-state index contributed by atoms with van der Waals surface area (Å²) in [5.41, 5.74) is 0. The molecule has 0 spiro atoms. The molecule has 0 radical (unpaired) electrons. The zero-order valence-electron chi connectivity index (χ0n) is 11.8. The van der Waals surface area contributed by atoms with Gasteiger partial charge in [-0.15, -0.1) is 6.58 Å². The maximum atomic E-state index is 11.3. The molecule has 0 aliphatic rings. The van der Waals surface area contributed by atoms with Crippen molar-refractivity contribution in [3.63, 3.8) is 0 Å². The van der Waals surface area contributed by atoms with Crippen molar-refractivity contribution in [2.45, 2.75) is 0 Å². The topological polar surface area (TPSA) is 68.8 Å². The molecule has 0 atom stereocenters. The van der Waals surface area contributed by atoms with Crippen LogP contribution in [0.1, 0.15) is 0 Å². The van der Waals surface area contributed by atoms with Crippen molar-refractivity contribution < 1.29 is 19.0 Å². The number of carbonyl (C=O) groups is 1. The fourth-order valence-corrected chi connectivity index (χ4v) is 1.52. The van der Waals surface area contributed by atoms with Gasteiger partial charge in [0, 0.05) is 6.54 Å². The lowest BCUT2D eigenvalue weighted by Gasteiger charge is -2.13. The van der Waals surface area contributed by atoms with Crippen LogP contribution >= 0.6 is 0 Å². The molecule has 20 heavy (non-hydrogen) atoms. The van der Waals surface area contributed by atoms with Crippen LogP contribution in [0, 0.1) is 0 Å². The van der Waals surface area contributed by atoms with Crippen LogP contribution in [0.4, 0.5) is 4.79 Å². The van der Waals surface area contributed by atoms with E-state index in [1.54, 1.807) is 38.5 Å². The summed E-state index contributed by atoms with van der Waals surface area (Å²) in [7, 11) is 3.11. The third-order valence-electron chi connectivity index (χ3n) is 2.42. The molecular formula is C14H20N2O4. The van der Waals surface area contributed by atoms with Gasteiger partial charge in [0.25, 0.3) is 0 Å². The van der Waals surface area contributed by atoms with Crippen LogP contribution < -0.4 is 24.8 Å². The van der Waals surface area contributed by atoms with Gasteiger partial charge in [-0.1, -0.05) is 12.1 Å². The first-order valence-corrected chi connectivity index (χ1v) is 6.19. The Morgan fingerprint density at radius 2 is 2.00 bits per heavy atom. The summed E-state index contributed by atoms with van der Waals surface area (Å²) in [4.78, 5) is 11.3. The number of rotatable bonds is 8. The maximum absolute atomic E-state index is 11.3. The van der Waals surface area contributed by atoms with Crippen LogP contribution in [0.2, 0.25) is 0 Å². The van der Waals surface area contributed by atoms with E-state index in [1.165, 1.54) is 0 Å². The van der Waals surface area contributed by atoms with Crippen molar-refractivity contribution in [1.82, 2.24) is 10.6 Å². The predicted octanol–water partition coefficient (Wildman–Crippen LogP) is 1.57. The smallest absolute Gasteiger partial charge is 0.315 e. The van der Waals surface area contributed by atoms with E-state index in [4.69, 9.17) is 14.2 Å². The molecule has 0 saturated carbocycles. The number of urea groups is 1. The number of nitrogens with one attached hydrogen (secondary N) is 2. The fourth-order valence-electron chi connectivity index (χ4n) is 1.52. The van der Waals surface area contributed by atoms with E-state index in [-0.39, 0.29) is 6.03 Å². The molecule has 1 aromatic rings. The first kappa shape index (κ1) is 15.7. The lowest BCUT2D eigenvalue weighted by molar-refractivity contribution is 0.236. The largest absolute Gasteiger partial charge is 0.493 e. The number of methoxy groups -OCH3 is 2. The highest BCUT2D eigenvalue weighted by Gasteiger charge is 2.10. The molecule has 2 amide bonds. The minimum absolute atomic E-state index is 0.258. The number of hydrogen-bond acceptors (Lipinski definition) is 4. The molecule has 2 N–H and O–H groups in total. The number of carbonyl (C=O) groups excluding carboxylic acids is 1. The summed E-state index contributed by atoms with van der Waals surface area (Å²) in [6.45, 7) is 4.64. The van der Waals surface area contributed by atoms with Gasteiger partial charge in [0.1, 0.15) is 6.61 Å². The summed E-state index contributed by atoms with van der Waals surface area (Å²) >= 11 is 0. The lowest BCUT2D eigenvalue weighted by atomic mass is 10.3. The summed E-state index contributed by atoms with van der Waals surface area (Å²) in [5, 5.41) is 5.26. The number of ether oxygens (including phenoxy) is 3. The molecule has 0 aliphatic carbocycles. The summed E-state index contributed by atoms with van der Waals surface area (Å²) < 4.78 is 16.0. The van der Waals surface area contributed by atoms with Crippen LogP contribution in [-0.4, -0.2) is 39.9 Å². The zero-order chi connectivity index (χ0) is 14.8. The van der Waals surface area contributed by atoms with E-state index in [9.17, 15) is 4.79 Å². The van der Waals surface area contributed by atoms with E-state index in [2.05, 4.69) is 17.2 Å². The Hall–Kier alpha value is -2.37. The highest BCUT2D eigenvalue weighted by atomic mass is 16.5. The average molecular weight is 280 g/mol. The van der Waals surface area contributed by atoms with E-state index >= 15 is 0 Å². The Morgan fingerprint density at radius 3 is 2.65 bits per heavy atom. The summed E-state index contributed by atoms with van der Waals surface area (Å²) in [6, 6.07) is 5.11. The Bertz CT molecular complexity index is 449. The molecule has 0 aromatic heterocycles. The summed E-state index contributed by atoms with van der Waals surface area (Å²) in [6.07, 6.45) is 1.61. The molecule has 0 saturated heterocycles. The predicted molar refractivity (Wildman–Crippen MR) is 76.6 cm³/mol. The second-order valence-electron chi connectivity index (χ2n) is 3.77. The standard InChI is InChI=1S/C14H20N2O4/c1-4-8-15-14(17)16-9-10-20-12-7-5-6-11(18-2)13(12)19-3/h4-7H,1,8-10H2,2-3H3,(H2,15,16,17). The quantitative estimate of drug-likeness (QED) is 0.560. The minimum Gasteiger partial charge on any atom is -0.493 e. The average Bonchev–Trinajstić information content (AvgIpc) is 2.48. The highest BCUT2D eigenvalue weighted by Crippen LogP contribution is 2.36. The van der Waals surface area contributed by atoms with Gasteiger partial charge in [-0.25, -0.2) is 4.79 Å². The SMILES string of the molecule is C=CCNC(=O)NCCOc1cccc(OC)c1OC. The molecule has 6 nitrogen and oxygen atoms in total.